The van der Waals surface area contributed by atoms with Gasteiger partial charge in [-0.05, 0) is 49.1 Å². The highest BCUT2D eigenvalue weighted by Crippen LogP contribution is 2.29. The molecule has 0 radical (unpaired) electrons. The molecule has 0 bridgehead atoms. The van der Waals surface area contributed by atoms with Gasteiger partial charge in [0.15, 0.2) is 0 Å². The van der Waals surface area contributed by atoms with Crippen LogP contribution in [0.3, 0.4) is 0 Å². The number of nitrogens with zero attached hydrogens (tertiary/aromatic N) is 2. The number of halogens is 1. The third-order valence-electron chi connectivity index (χ3n) is 6.85. The minimum absolute atomic E-state index is 0.0805. The maximum absolute atomic E-state index is 13.4. The Hall–Kier alpha value is -2.74. The lowest BCUT2D eigenvalue weighted by molar-refractivity contribution is -0.133. The Balaban J connectivity index is 1.28. The van der Waals surface area contributed by atoms with Gasteiger partial charge in [0, 0.05) is 38.2 Å². The van der Waals surface area contributed by atoms with E-state index in [1.165, 1.54) is 61.6 Å². The summed E-state index contributed by atoms with van der Waals surface area (Å²) in [5.74, 6) is -0.0778. The van der Waals surface area contributed by atoms with Gasteiger partial charge >= 0.3 is 0 Å². The Bertz CT molecular complexity index is 1040. The maximum Gasteiger partial charge on any atom is 0.264 e. The monoisotopic (exact) mass is 485 g/mol. The first-order valence-corrected chi connectivity index (χ1v) is 13.0. The number of benzene rings is 1. The first kappa shape index (κ1) is 24.4. The van der Waals surface area contributed by atoms with Gasteiger partial charge in [-0.15, -0.1) is 11.3 Å². The third kappa shape index (κ3) is 6.03. The number of amides is 3. The third-order valence-corrected chi connectivity index (χ3v) is 7.99. The fourth-order valence-corrected chi connectivity index (χ4v) is 5.87. The molecule has 0 atom stereocenters. The summed E-state index contributed by atoms with van der Waals surface area (Å²) in [7, 11) is 0. The molecule has 2 aliphatic rings. The summed E-state index contributed by atoms with van der Waals surface area (Å²) >= 11 is 1.22. The number of anilines is 1. The number of rotatable bonds is 6. The van der Waals surface area contributed by atoms with E-state index in [0.29, 0.717) is 48.4 Å². The summed E-state index contributed by atoms with van der Waals surface area (Å²) in [6, 6.07) is 7.25. The van der Waals surface area contributed by atoms with Gasteiger partial charge in [-0.3, -0.25) is 14.4 Å². The van der Waals surface area contributed by atoms with Crippen LogP contribution >= 0.6 is 11.3 Å². The molecular formula is C26H32FN3O3S. The van der Waals surface area contributed by atoms with E-state index in [4.69, 9.17) is 0 Å². The van der Waals surface area contributed by atoms with Crippen LogP contribution in [-0.2, 0) is 4.79 Å². The van der Waals surface area contributed by atoms with Crippen LogP contribution in [-0.4, -0.2) is 53.7 Å². The quantitative estimate of drug-likeness (QED) is 0.619. The topological polar surface area (TPSA) is 69.7 Å². The molecule has 1 aromatic carbocycles. The van der Waals surface area contributed by atoms with E-state index in [2.05, 4.69) is 5.32 Å². The van der Waals surface area contributed by atoms with Crippen molar-refractivity contribution in [1.82, 2.24) is 9.80 Å². The lowest BCUT2D eigenvalue weighted by atomic mass is 9.86. The van der Waals surface area contributed by atoms with Crippen molar-refractivity contribution >= 4 is 34.1 Å². The molecule has 6 nitrogen and oxygen atoms in total. The normalized spacial score (nSPS) is 17.0. The maximum atomic E-state index is 13.4. The number of piperazine rings is 1. The van der Waals surface area contributed by atoms with Gasteiger partial charge in [0.25, 0.3) is 11.8 Å². The zero-order valence-electron chi connectivity index (χ0n) is 19.6. The van der Waals surface area contributed by atoms with E-state index in [1.807, 2.05) is 11.8 Å². The molecule has 4 rings (SSSR count). The first-order chi connectivity index (χ1) is 16.4. The van der Waals surface area contributed by atoms with Crippen LogP contribution < -0.4 is 5.32 Å². The van der Waals surface area contributed by atoms with Gasteiger partial charge < -0.3 is 15.1 Å². The number of aryl methyl sites for hydroxylation is 1. The summed E-state index contributed by atoms with van der Waals surface area (Å²) < 4.78 is 13.4. The Labute approximate surface area is 204 Å². The Morgan fingerprint density at radius 1 is 1.03 bits per heavy atom. The average Bonchev–Trinajstić information content (AvgIpc) is 3.22. The van der Waals surface area contributed by atoms with Crippen molar-refractivity contribution in [3.63, 3.8) is 0 Å². The molecule has 0 spiro atoms. The van der Waals surface area contributed by atoms with Crippen molar-refractivity contribution in [2.24, 2.45) is 5.92 Å². The molecule has 1 aromatic heterocycles. The van der Waals surface area contributed by atoms with Crippen molar-refractivity contribution in [2.75, 3.05) is 31.5 Å². The molecule has 1 N–H and O–H groups in total. The van der Waals surface area contributed by atoms with Gasteiger partial charge in [0.05, 0.1) is 9.88 Å². The number of nitrogens with one attached hydrogen (secondary N) is 1. The second-order valence-corrected chi connectivity index (χ2v) is 10.4. The minimum Gasteiger partial charge on any atom is -0.339 e. The van der Waals surface area contributed by atoms with Gasteiger partial charge in [-0.25, -0.2) is 4.39 Å². The average molecular weight is 486 g/mol. The summed E-state index contributed by atoms with van der Waals surface area (Å²) in [5, 5.41) is 3.30. The number of hydrogen-bond acceptors (Lipinski definition) is 4. The van der Waals surface area contributed by atoms with E-state index >= 15 is 0 Å². The molecule has 2 fully saturated rings. The van der Waals surface area contributed by atoms with Crippen LogP contribution in [0.15, 0.2) is 30.3 Å². The first-order valence-electron chi connectivity index (χ1n) is 12.1. The Kier molecular flexibility index (Phi) is 7.98. The van der Waals surface area contributed by atoms with Crippen LogP contribution in [0.25, 0.3) is 0 Å². The van der Waals surface area contributed by atoms with Crippen molar-refractivity contribution in [3.05, 3.63) is 52.2 Å². The fraction of sp³-hybridized carbons (Fsp3) is 0.500. The van der Waals surface area contributed by atoms with Crippen LogP contribution in [0.2, 0.25) is 0 Å². The highest BCUT2D eigenvalue weighted by Gasteiger charge is 2.27. The summed E-state index contributed by atoms with van der Waals surface area (Å²) in [6.07, 6.45) is 8.00. The van der Waals surface area contributed by atoms with Gasteiger partial charge in [-0.1, -0.05) is 38.2 Å². The second-order valence-electron chi connectivity index (χ2n) is 9.30. The molecule has 1 aliphatic carbocycles. The molecule has 3 amide bonds. The van der Waals surface area contributed by atoms with Crippen LogP contribution in [0.5, 0.6) is 0 Å². The zero-order chi connectivity index (χ0) is 24.1. The second kappa shape index (κ2) is 11.1. The van der Waals surface area contributed by atoms with E-state index in [0.717, 1.165) is 12.0 Å². The largest absolute Gasteiger partial charge is 0.339 e. The molecule has 1 saturated carbocycles. The minimum atomic E-state index is -0.475. The summed E-state index contributed by atoms with van der Waals surface area (Å²) in [6.45, 7) is 3.98. The van der Waals surface area contributed by atoms with Crippen molar-refractivity contribution in [2.45, 2.75) is 51.9 Å². The molecule has 0 unspecified atom stereocenters. The number of carbonyl (C=O) groups excluding carboxylic acids is 3. The summed E-state index contributed by atoms with van der Waals surface area (Å²) in [4.78, 5) is 42.4. The lowest BCUT2D eigenvalue weighted by Crippen LogP contribution is -2.50. The highest BCUT2D eigenvalue weighted by molar-refractivity contribution is 7.18. The Morgan fingerprint density at radius 3 is 2.44 bits per heavy atom. The predicted octanol–water partition coefficient (Wildman–Crippen LogP) is 5.09. The van der Waals surface area contributed by atoms with E-state index in [-0.39, 0.29) is 17.4 Å². The smallest absolute Gasteiger partial charge is 0.264 e. The van der Waals surface area contributed by atoms with Gasteiger partial charge in [0.1, 0.15) is 5.82 Å². The Morgan fingerprint density at radius 2 is 1.74 bits per heavy atom. The molecule has 1 aliphatic heterocycles. The molecule has 1 saturated heterocycles. The number of carbonyl (C=O) groups is 3. The van der Waals surface area contributed by atoms with Crippen molar-refractivity contribution in [3.8, 4) is 0 Å². The van der Waals surface area contributed by atoms with Gasteiger partial charge in [0.2, 0.25) is 5.91 Å². The van der Waals surface area contributed by atoms with Crippen LogP contribution in [0, 0.1) is 18.7 Å². The number of hydrogen-bond donors (Lipinski definition) is 1. The number of thiophene rings is 1. The van der Waals surface area contributed by atoms with E-state index in [1.54, 1.807) is 17.0 Å². The molecule has 8 heteroatoms. The zero-order valence-corrected chi connectivity index (χ0v) is 20.5. The molecular weight excluding hydrogens is 453 g/mol. The fourth-order valence-electron chi connectivity index (χ4n) is 4.83. The van der Waals surface area contributed by atoms with Crippen molar-refractivity contribution in [1.29, 1.82) is 0 Å². The van der Waals surface area contributed by atoms with Crippen LogP contribution in [0.4, 0.5) is 9.39 Å². The van der Waals surface area contributed by atoms with Crippen LogP contribution in [0.1, 0.15) is 70.5 Å². The highest BCUT2D eigenvalue weighted by atomic mass is 32.1. The molecule has 2 heterocycles. The van der Waals surface area contributed by atoms with Crippen molar-refractivity contribution < 1.29 is 18.8 Å². The molecule has 2 aromatic rings. The lowest BCUT2D eigenvalue weighted by Gasteiger charge is -2.35. The SMILES string of the molecule is Cc1cc(NC(=O)c2cccc(F)c2)sc1C(=O)N1CCN(C(=O)CCC2CCCCC2)CC1. The molecule has 34 heavy (non-hydrogen) atoms. The van der Waals surface area contributed by atoms with E-state index < -0.39 is 11.7 Å². The van der Waals surface area contributed by atoms with Gasteiger partial charge in [-0.2, -0.15) is 0 Å². The molecule has 182 valence electrons. The summed E-state index contributed by atoms with van der Waals surface area (Å²) in [5.41, 5.74) is 1.01. The van der Waals surface area contributed by atoms with E-state index in [9.17, 15) is 18.8 Å². The predicted molar refractivity (Wildman–Crippen MR) is 132 cm³/mol. The standard InChI is InChI=1S/C26H32FN3O3S/c1-18-16-22(28-25(32)20-8-5-9-21(27)17-20)34-24(18)26(33)30-14-12-29(13-15-30)23(31)11-10-19-6-3-2-4-7-19/h5,8-9,16-17,19H,2-4,6-7,10-15H2,1H3,(H,28,32).